The maximum Gasteiger partial charge on any atom is 0.327 e. The number of likely N-dealkylation sites (tertiary alicyclic amines) is 2. The maximum absolute atomic E-state index is 16.3. The van der Waals surface area contributed by atoms with Crippen molar-refractivity contribution in [1.29, 1.82) is 0 Å². The SMILES string of the molecule is COCC(C)(C)C(=O)n1nc(C2C(C)CN(C(=O)N3CCC(O)C3)C2C(=O)O)c(F)c1SCc1ccc(CN)cc1. The Balaban J connectivity index is 1.72. The Morgan fingerprint density at radius 1 is 1.20 bits per heavy atom. The van der Waals surface area contributed by atoms with Crippen LogP contribution in [0.4, 0.5) is 9.18 Å². The zero-order valence-electron chi connectivity index (χ0n) is 23.7. The zero-order valence-corrected chi connectivity index (χ0v) is 24.6. The predicted molar refractivity (Wildman–Crippen MR) is 150 cm³/mol. The van der Waals surface area contributed by atoms with Gasteiger partial charge in [0, 0.05) is 45.0 Å². The largest absolute Gasteiger partial charge is 0.480 e. The molecule has 0 radical (unpaired) electrons. The molecule has 0 spiro atoms. The number of amides is 2. The molecule has 41 heavy (non-hydrogen) atoms. The number of halogens is 1. The monoisotopic (exact) mass is 591 g/mol. The van der Waals surface area contributed by atoms with Crippen molar-refractivity contribution in [3.63, 3.8) is 0 Å². The molecule has 4 rings (SSSR count). The summed E-state index contributed by atoms with van der Waals surface area (Å²) in [7, 11) is 1.47. The third kappa shape index (κ3) is 6.27. The van der Waals surface area contributed by atoms with E-state index in [1.54, 1.807) is 20.8 Å². The molecule has 3 heterocycles. The van der Waals surface area contributed by atoms with Crippen LogP contribution in [0.3, 0.4) is 0 Å². The Morgan fingerprint density at radius 3 is 2.41 bits per heavy atom. The minimum Gasteiger partial charge on any atom is -0.480 e. The molecule has 224 valence electrons. The van der Waals surface area contributed by atoms with E-state index in [2.05, 4.69) is 5.10 Å². The summed E-state index contributed by atoms with van der Waals surface area (Å²) in [5, 5.41) is 24.5. The molecule has 13 heteroatoms. The lowest BCUT2D eigenvalue weighted by molar-refractivity contribution is -0.142. The fraction of sp³-hybridized carbons (Fsp3) is 0.571. The first-order chi connectivity index (χ1) is 19.4. The normalized spacial score (nSPS) is 22.9. The van der Waals surface area contributed by atoms with Crippen molar-refractivity contribution >= 4 is 29.7 Å². The van der Waals surface area contributed by atoms with Crippen LogP contribution in [0.5, 0.6) is 0 Å². The van der Waals surface area contributed by atoms with E-state index in [0.717, 1.165) is 27.6 Å². The van der Waals surface area contributed by atoms with Crippen LogP contribution in [-0.2, 0) is 21.8 Å². The molecule has 11 nitrogen and oxygen atoms in total. The van der Waals surface area contributed by atoms with E-state index >= 15 is 4.39 Å². The van der Waals surface area contributed by atoms with E-state index in [9.17, 15) is 24.6 Å². The molecule has 2 saturated heterocycles. The number of β-amino-alcohol motifs (C(OH)–C–C–N with tert-alkyl or cyclic N) is 1. The summed E-state index contributed by atoms with van der Waals surface area (Å²) in [6.07, 6.45) is -0.261. The second-order valence-electron chi connectivity index (χ2n) is 11.5. The number of carbonyl (C=O) groups excluding carboxylic acids is 2. The van der Waals surface area contributed by atoms with Crippen molar-refractivity contribution in [2.75, 3.05) is 33.4 Å². The number of aromatic nitrogens is 2. The molecule has 1 aromatic carbocycles. The number of nitrogens with two attached hydrogens (primary N) is 1. The number of carboxylic acid groups (broad SMARTS) is 1. The minimum absolute atomic E-state index is 0.0270. The average molecular weight is 592 g/mol. The molecule has 0 bridgehead atoms. The number of ether oxygens (including phenoxy) is 1. The van der Waals surface area contributed by atoms with Crippen LogP contribution in [-0.4, -0.2) is 93.2 Å². The second kappa shape index (κ2) is 12.5. The van der Waals surface area contributed by atoms with Crippen molar-refractivity contribution in [2.45, 2.75) is 62.6 Å². The van der Waals surface area contributed by atoms with Crippen LogP contribution in [0.2, 0.25) is 0 Å². The molecule has 2 aromatic rings. The summed E-state index contributed by atoms with van der Waals surface area (Å²) >= 11 is 1.09. The average Bonchev–Trinajstić information content (AvgIpc) is 3.61. The van der Waals surface area contributed by atoms with Crippen molar-refractivity contribution in [1.82, 2.24) is 19.6 Å². The Labute approximate surface area is 242 Å². The molecule has 2 aliphatic rings. The third-order valence-electron chi connectivity index (χ3n) is 7.75. The molecule has 2 aliphatic heterocycles. The van der Waals surface area contributed by atoms with E-state index in [0.29, 0.717) is 25.3 Å². The smallest absolute Gasteiger partial charge is 0.327 e. The van der Waals surface area contributed by atoms with Crippen LogP contribution in [0, 0.1) is 17.2 Å². The van der Waals surface area contributed by atoms with Crippen molar-refractivity contribution in [3.8, 4) is 0 Å². The van der Waals surface area contributed by atoms with E-state index in [4.69, 9.17) is 10.5 Å². The number of aliphatic hydroxyl groups excluding tert-OH is 1. The number of rotatable bonds is 9. The number of aliphatic hydroxyl groups is 1. The Kier molecular flexibility index (Phi) is 9.42. The minimum atomic E-state index is -1.39. The molecule has 4 unspecified atom stereocenters. The first kappa shape index (κ1) is 30.9. The molecule has 4 N–H and O–H groups in total. The van der Waals surface area contributed by atoms with Gasteiger partial charge in [-0.1, -0.05) is 43.0 Å². The van der Waals surface area contributed by atoms with Crippen LogP contribution in [0.25, 0.3) is 0 Å². The Hall–Kier alpha value is -3.00. The van der Waals surface area contributed by atoms with Gasteiger partial charge in [-0.15, -0.1) is 0 Å². The van der Waals surface area contributed by atoms with E-state index in [1.165, 1.54) is 16.9 Å². The van der Waals surface area contributed by atoms with Gasteiger partial charge in [0.15, 0.2) is 5.82 Å². The molecule has 0 saturated carbocycles. The van der Waals surface area contributed by atoms with Crippen LogP contribution in [0.1, 0.15) is 54.7 Å². The first-order valence-electron chi connectivity index (χ1n) is 13.6. The van der Waals surface area contributed by atoms with Crippen LogP contribution < -0.4 is 5.73 Å². The second-order valence-corrected chi connectivity index (χ2v) is 12.4. The van der Waals surface area contributed by atoms with Crippen LogP contribution >= 0.6 is 11.8 Å². The molecular weight excluding hydrogens is 553 g/mol. The number of aliphatic carboxylic acids is 1. The number of urea groups is 1. The predicted octanol–water partition coefficient (Wildman–Crippen LogP) is 2.76. The lowest BCUT2D eigenvalue weighted by atomic mass is 9.88. The van der Waals surface area contributed by atoms with Gasteiger partial charge in [0.25, 0.3) is 5.91 Å². The lowest BCUT2D eigenvalue weighted by Gasteiger charge is -2.28. The van der Waals surface area contributed by atoms with E-state index < -0.39 is 53.1 Å². The summed E-state index contributed by atoms with van der Waals surface area (Å²) < 4.78 is 22.6. The van der Waals surface area contributed by atoms with E-state index in [-0.39, 0.29) is 30.4 Å². The van der Waals surface area contributed by atoms with Gasteiger partial charge in [0.2, 0.25) is 0 Å². The van der Waals surface area contributed by atoms with Crippen molar-refractivity contribution in [3.05, 3.63) is 46.9 Å². The summed E-state index contributed by atoms with van der Waals surface area (Å²) in [6.45, 7) is 6.02. The maximum atomic E-state index is 16.3. The molecule has 1 aromatic heterocycles. The standard InChI is InChI=1S/C28H38FN5O6S/c1-16-12-33(27(39)32-10-9-19(35)13-32)23(25(36)37)20(16)22-21(29)24(34(31-22)26(38)28(2,3)15-40-4)41-14-18-7-5-17(11-30)6-8-18/h5-8,16,19-20,23,35H,9-15,30H2,1-4H3,(H,36,37). The van der Waals surface area contributed by atoms with Gasteiger partial charge in [-0.2, -0.15) is 9.78 Å². The highest BCUT2D eigenvalue weighted by Gasteiger charge is 2.51. The fourth-order valence-electron chi connectivity index (χ4n) is 5.55. The molecule has 2 fully saturated rings. The van der Waals surface area contributed by atoms with Gasteiger partial charge in [-0.3, -0.25) is 4.79 Å². The number of carbonyl (C=O) groups is 3. The molecule has 0 aliphatic carbocycles. The number of hydrogen-bond donors (Lipinski definition) is 3. The molecule has 2 amide bonds. The topological polar surface area (TPSA) is 151 Å². The highest BCUT2D eigenvalue weighted by atomic mass is 32.2. The summed E-state index contributed by atoms with van der Waals surface area (Å²) in [4.78, 5) is 42.1. The van der Waals surface area contributed by atoms with Gasteiger partial charge < -0.3 is 30.5 Å². The van der Waals surface area contributed by atoms with Gasteiger partial charge in [-0.25, -0.2) is 14.0 Å². The fourth-order valence-corrected chi connectivity index (χ4v) is 6.52. The number of nitrogens with zero attached hydrogens (tertiary/aromatic N) is 4. The van der Waals surface area contributed by atoms with Gasteiger partial charge >= 0.3 is 12.0 Å². The van der Waals surface area contributed by atoms with E-state index in [1.807, 2.05) is 24.3 Å². The molecule has 4 atom stereocenters. The number of carboxylic acids is 1. The summed E-state index contributed by atoms with van der Waals surface area (Å²) in [6, 6.07) is 5.61. The highest BCUT2D eigenvalue weighted by Crippen LogP contribution is 2.42. The summed E-state index contributed by atoms with van der Waals surface area (Å²) in [5.41, 5.74) is 6.31. The Bertz CT molecular complexity index is 1290. The first-order valence-corrected chi connectivity index (χ1v) is 14.6. The third-order valence-corrected chi connectivity index (χ3v) is 8.85. The number of benzene rings is 1. The van der Waals surface area contributed by atoms with Gasteiger partial charge in [0.1, 0.15) is 16.8 Å². The highest BCUT2D eigenvalue weighted by molar-refractivity contribution is 7.98. The quantitative estimate of drug-likeness (QED) is 0.374. The summed E-state index contributed by atoms with van der Waals surface area (Å²) in [5.74, 6) is -3.69. The van der Waals surface area contributed by atoms with Crippen molar-refractivity contribution in [2.24, 2.45) is 17.1 Å². The lowest BCUT2D eigenvalue weighted by Crippen LogP contribution is -2.48. The van der Waals surface area contributed by atoms with Crippen LogP contribution in [0.15, 0.2) is 29.3 Å². The van der Waals surface area contributed by atoms with Gasteiger partial charge in [0.05, 0.1) is 18.1 Å². The number of methoxy groups -OCH3 is 1. The van der Waals surface area contributed by atoms with Crippen molar-refractivity contribution < 1.29 is 33.7 Å². The number of thioether (sulfide) groups is 1. The van der Waals surface area contributed by atoms with Gasteiger partial charge in [-0.05, 0) is 37.3 Å². The molecular formula is C28H38FN5O6S. The Morgan fingerprint density at radius 2 is 1.85 bits per heavy atom. The number of hydrogen-bond acceptors (Lipinski definition) is 8. The zero-order chi connectivity index (χ0) is 30.1.